The molecule has 0 aliphatic carbocycles. The van der Waals surface area contributed by atoms with Crippen LogP contribution in [-0.2, 0) is 10.1 Å². The van der Waals surface area contributed by atoms with Gasteiger partial charge in [0.05, 0.1) is 0 Å². The van der Waals surface area contributed by atoms with Gasteiger partial charge >= 0.3 is 6.16 Å². The highest BCUT2D eigenvalue weighted by molar-refractivity contribution is 7.86. The van der Waals surface area contributed by atoms with Crippen LogP contribution in [0.25, 0.3) is 0 Å². The number of hydrogen-bond donors (Lipinski definition) is 3. The normalized spacial score (nSPS) is 11.0. The van der Waals surface area contributed by atoms with E-state index >= 15 is 0 Å². The standard InChI is InChI=1S/C7H6O7S/c8-4-1-2-5(14-7(9)10)6(3-4)15(11,12)13/h1-3,8H,(H,9,10)(H,11,12,13). The third-order valence-electron chi connectivity index (χ3n) is 1.40. The summed E-state index contributed by atoms with van der Waals surface area (Å²) in [5.74, 6) is -1.02. The second-order valence-corrected chi connectivity index (χ2v) is 3.86. The summed E-state index contributed by atoms with van der Waals surface area (Å²) in [6.45, 7) is 0. The summed E-state index contributed by atoms with van der Waals surface area (Å²) >= 11 is 0. The van der Waals surface area contributed by atoms with E-state index < -0.39 is 32.7 Å². The fourth-order valence-corrected chi connectivity index (χ4v) is 1.51. The van der Waals surface area contributed by atoms with E-state index in [1.54, 1.807) is 0 Å². The first kappa shape index (κ1) is 11.3. The molecule has 82 valence electrons. The molecule has 15 heavy (non-hydrogen) atoms. The molecule has 1 aromatic carbocycles. The Balaban J connectivity index is 3.33. The number of aromatic hydroxyl groups is 1. The van der Waals surface area contributed by atoms with Crippen molar-refractivity contribution in [2.24, 2.45) is 0 Å². The van der Waals surface area contributed by atoms with Gasteiger partial charge in [-0.25, -0.2) is 4.79 Å². The molecule has 0 fully saturated rings. The molecule has 7 nitrogen and oxygen atoms in total. The van der Waals surface area contributed by atoms with Crippen molar-refractivity contribution in [3.8, 4) is 11.5 Å². The maximum atomic E-state index is 10.8. The monoisotopic (exact) mass is 234 g/mol. The highest BCUT2D eigenvalue weighted by atomic mass is 32.2. The van der Waals surface area contributed by atoms with E-state index in [0.717, 1.165) is 12.1 Å². The summed E-state index contributed by atoms with van der Waals surface area (Å²) in [7, 11) is -4.65. The first-order chi connectivity index (χ1) is 6.80. The minimum Gasteiger partial charge on any atom is -0.508 e. The molecule has 0 amide bonds. The third-order valence-corrected chi connectivity index (χ3v) is 2.28. The highest BCUT2D eigenvalue weighted by Crippen LogP contribution is 2.27. The molecule has 1 rings (SSSR count). The van der Waals surface area contributed by atoms with E-state index in [9.17, 15) is 13.2 Å². The summed E-state index contributed by atoms with van der Waals surface area (Å²) in [6, 6.07) is 2.60. The zero-order valence-electron chi connectivity index (χ0n) is 7.11. The molecule has 0 saturated heterocycles. The Morgan fingerprint density at radius 2 is 1.93 bits per heavy atom. The first-order valence-electron chi connectivity index (χ1n) is 3.52. The van der Waals surface area contributed by atoms with Gasteiger partial charge in [-0.15, -0.1) is 0 Å². The topological polar surface area (TPSA) is 121 Å². The number of rotatable bonds is 2. The fraction of sp³-hybridized carbons (Fsp3) is 0. The zero-order chi connectivity index (χ0) is 11.6. The lowest BCUT2D eigenvalue weighted by atomic mass is 10.3. The van der Waals surface area contributed by atoms with Crippen LogP contribution in [-0.4, -0.2) is 29.3 Å². The Hall–Kier alpha value is -1.80. The minimum absolute atomic E-state index is 0.444. The predicted octanol–water partition coefficient (Wildman–Crippen LogP) is 0.696. The van der Waals surface area contributed by atoms with Gasteiger partial charge in [0.1, 0.15) is 10.6 Å². The van der Waals surface area contributed by atoms with Crippen LogP contribution in [0.5, 0.6) is 11.5 Å². The maximum absolute atomic E-state index is 10.8. The molecule has 0 saturated carbocycles. The van der Waals surface area contributed by atoms with Crippen molar-refractivity contribution in [3.63, 3.8) is 0 Å². The van der Waals surface area contributed by atoms with E-state index in [0.29, 0.717) is 6.07 Å². The van der Waals surface area contributed by atoms with Crippen molar-refractivity contribution in [2.45, 2.75) is 4.90 Å². The summed E-state index contributed by atoms with van der Waals surface area (Å²) in [5.41, 5.74) is 0. The Kier molecular flexibility index (Phi) is 2.82. The van der Waals surface area contributed by atoms with Gasteiger partial charge in [0, 0.05) is 6.07 Å². The van der Waals surface area contributed by atoms with Gasteiger partial charge in [0.25, 0.3) is 10.1 Å². The molecule has 0 heterocycles. The molecule has 3 N–H and O–H groups in total. The third kappa shape index (κ3) is 2.82. The van der Waals surface area contributed by atoms with Crippen LogP contribution in [0.4, 0.5) is 4.79 Å². The average Bonchev–Trinajstić information content (AvgIpc) is 2.05. The lowest BCUT2D eigenvalue weighted by Gasteiger charge is -2.05. The molecule has 0 aliphatic rings. The highest BCUT2D eigenvalue weighted by Gasteiger charge is 2.19. The van der Waals surface area contributed by atoms with E-state index in [-0.39, 0.29) is 0 Å². The van der Waals surface area contributed by atoms with Crippen molar-refractivity contribution in [1.29, 1.82) is 0 Å². The van der Waals surface area contributed by atoms with E-state index in [4.69, 9.17) is 14.8 Å². The summed E-state index contributed by atoms with van der Waals surface area (Å²) in [4.78, 5) is 9.36. The molecule has 0 aromatic heterocycles. The quantitative estimate of drug-likeness (QED) is 0.391. The fourth-order valence-electron chi connectivity index (χ4n) is 0.877. The van der Waals surface area contributed by atoms with Crippen molar-refractivity contribution in [2.75, 3.05) is 0 Å². The summed E-state index contributed by atoms with van der Waals surface area (Å²) in [5, 5.41) is 17.2. The number of benzene rings is 1. The average molecular weight is 234 g/mol. The largest absolute Gasteiger partial charge is 0.511 e. The van der Waals surface area contributed by atoms with Crippen LogP contribution >= 0.6 is 0 Å². The maximum Gasteiger partial charge on any atom is 0.511 e. The van der Waals surface area contributed by atoms with Crippen LogP contribution < -0.4 is 4.74 Å². The number of carboxylic acid groups (broad SMARTS) is 1. The van der Waals surface area contributed by atoms with Gasteiger partial charge in [-0.1, -0.05) is 0 Å². The van der Waals surface area contributed by atoms with Gasteiger partial charge in [-0.05, 0) is 12.1 Å². The van der Waals surface area contributed by atoms with Crippen LogP contribution in [0.3, 0.4) is 0 Å². The van der Waals surface area contributed by atoms with Crippen LogP contribution in [0.2, 0.25) is 0 Å². The lowest BCUT2D eigenvalue weighted by Crippen LogP contribution is -2.08. The van der Waals surface area contributed by atoms with E-state index in [1.165, 1.54) is 0 Å². The van der Waals surface area contributed by atoms with Crippen molar-refractivity contribution >= 4 is 16.3 Å². The van der Waals surface area contributed by atoms with E-state index in [1.807, 2.05) is 0 Å². The van der Waals surface area contributed by atoms with Gasteiger partial charge in [-0.3, -0.25) is 4.55 Å². The van der Waals surface area contributed by atoms with Crippen LogP contribution in [0, 0.1) is 0 Å². The van der Waals surface area contributed by atoms with Crippen molar-refractivity contribution in [1.82, 2.24) is 0 Å². The molecule has 0 unspecified atom stereocenters. The van der Waals surface area contributed by atoms with Crippen molar-refractivity contribution in [3.05, 3.63) is 18.2 Å². The van der Waals surface area contributed by atoms with Crippen molar-refractivity contribution < 1.29 is 32.7 Å². The molecule has 0 radical (unpaired) electrons. The van der Waals surface area contributed by atoms with Gasteiger partial charge < -0.3 is 14.9 Å². The summed E-state index contributed by atoms with van der Waals surface area (Å²) < 4.78 is 34.3. The number of hydrogen-bond acceptors (Lipinski definition) is 5. The predicted molar refractivity (Wildman–Crippen MR) is 46.6 cm³/mol. The second-order valence-electron chi connectivity index (χ2n) is 2.47. The van der Waals surface area contributed by atoms with E-state index in [2.05, 4.69) is 4.74 Å². The lowest BCUT2D eigenvalue weighted by molar-refractivity contribution is 0.143. The Labute approximate surface area is 84.3 Å². The van der Waals surface area contributed by atoms with Gasteiger partial charge in [-0.2, -0.15) is 8.42 Å². The van der Waals surface area contributed by atoms with Gasteiger partial charge in [0.15, 0.2) is 5.75 Å². The molecule has 0 bridgehead atoms. The molecular weight excluding hydrogens is 228 g/mol. The SMILES string of the molecule is O=C(O)Oc1ccc(O)cc1S(=O)(=O)O. The van der Waals surface area contributed by atoms with Crippen LogP contribution in [0.15, 0.2) is 23.1 Å². The molecule has 0 aliphatic heterocycles. The number of phenolic OH excluding ortho intramolecular Hbond substituents is 1. The minimum atomic E-state index is -4.65. The summed E-state index contributed by atoms with van der Waals surface area (Å²) in [6.07, 6.45) is -1.73. The first-order valence-corrected chi connectivity index (χ1v) is 4.96. The Morgan fingerprint density at radius 3 is 2.40 bits per heavy atom. The van der Waals surface area contributed by atoms with Crippen LogP contribution in [0.1, 0.15) is 0 Å². The number of phenols is 1. The molecule has 0 spiro atoms. The Bertz CT molecular complexity index is 490. The molecule has 8 heteroatoms. The smallest absolute Gasteiger partial charge is 0.508 e. The molecule has 1 aromatic rings. The Morgan fingerprint density at radius 1 is 1.33 bits per heavy atom. The number of carbonyl (C=O) groups is 1. The zero-order valence-corrected chi connectivity index (χ0v) is 7.93. The second kappa shape index (κ2) is 3.75. The number of ether oxygens (including phenoxy) is 1. The van der Waals surface area contributed by atoms with Gasteiger partial charge in [0.2, 0.25) is 0 Å². The molecular formula is C7H6O7S. The molecule has 0 atom stereocenters.